The topological polar surface area (TPSA) is 75.4 Å². The number of hydrogen-bond acceptors (Lipinski definition) is 4. The van der Waals surface area contributed by atoms with Crippen LogP contribution in [-0.2, 0) is 16.9 Å². The first-order valence-electron chi connectivity index (χ1n) is 8.48. The highest BCUT2D eigenvalue weighted by Crippen LogP contribution is 2.34. The summed E-state index contributed by atoms with van der Waals surface area (Å²) in [5.41, 5.74) is 0.625. The Balaban J connectivity index is 1.60. The number of nitrogens with one attached hydrogen (secondary N) is 1. The van der Waals surface area contributed by atoms with E-state index in [-0.39, 0.29) is 12.5 Å². The lowest BCUT2D eigenvalue weighted by Crippen LogP contribution is -2.41. The van der Waals surface area contributed by atoms with Crippen molar-refractivity contribution in [2.75, 3.05) is 0 Å². The number of urea groups is 1. The Hall–Kier alpha value is -2.64. The van der Waals surface area contributed by atoms with Crippen molar-refractivity contribution >= 4 is 39.5 Å². The maximum Gasteiger partial charge on any atom is 0.325 e. The zero-order chi connectivity index (χ0) is 19.9. The average Bonchev–Trinajstić information content (AvgIpc) is 3.22. The standard InChI is InChI=1S/C20H15BrClN3O3/c1-20(14-7-3-4-8-15(14)21)18(26)25(19(27)24-20)10-12-11-28-17(23-12)13-6-2-5-9-16(13)22/h2-9,11H,10H2,1H3,(H,24,27). The number of nitrogens with zero attached hydrogens (tertiary/aromatic N) is 2. The fourth-order valence-electron chi connectivity index (χ4n) is 3.19. The smallest absolute Gasteiger partial charge is 0.325 e. The molecule has 0 spiro atoms. The molecule has 1 unspecified atom stereocenters. The van der Waals surface area contributed by atoms with E-state index in [9.17, 15) is 9.59 Å². The summed E-state index contributed by atoms with van der Waals surface area (Å²) in [6, 6.07) is 14.0. The van der Waals surface area contributed by atoms with Crippen LogP contribution < -0.4 is 5.32 Å². The lowest BCUT2D eigenvalue weighted by molar-refractivity contribution is -0.131. The Labute approximate surface area is 174 Å². The van der Waals surface area contributed by atoms with Crippen LogP contribution in [0.5, 0.6) is 0 Å². The largest absolute Gasteiger partial charge is 0.444 e. The molecule has 0 radical (unpaired) electrons. The maximum absolute atomic E-state index is 13.1. The summed E-state index contributed by atoms with van der Waals surface area (Å²) in [7, 11) is 0. The van der Waals surface area contributed by atoms with Gasteiger partial charge in [0.25, 0.3) is 5.91 Å². The monoisotopic (exact) mass is 459 g/mol. The van der Waals surface area contributed by atoms with Gasteiger partial charge in [-0.1, -0.05) is 57.9 Å². The zero-order valence-electron chi connectivity index (χ0n) is 14.8. The van der Waals surface area contributed by atoms with Crippen LogP contribution >= 0.6 is 27.5 Å². The van der Waals surface area contributed by atoms with Crippen LogP contribution in [0.2, 0.25) is 5.02 Å². The predicted octanol–water partition coefficient (Wildman–Crippen LogP) is 4.72. The summed E-state index contributed by atoms with van der Waals surface area (Å²) in [5.74, 6) is -0.0205. The molecule has 0 bridgehead atoms. The third-order valence-corrected chi connectivity index (χ3v) is 5.68. The SMILES string of the molecule is CC1(c2ccccc2Br)NC(=O)N(Cc2coc(-c3ccccc3Cl)n2)C1=O. The first-order valence-corrected chi connectivity index (χ1v) is 9.65. The van der Waals surface area contributed by atoms with E-state index in [1.807, 2.05) is 30.3 Å². The van der Waals surface area contributed by atoms with Crippen molar-refractivity contribution in [1.82, 2.24) is 15.2 Å². The van der Waals surface area contributed by atoms with Gasteiger partial charge in [0.2, 0.25) is 5.89 Å². The highest BCUT2D eigenvalue weighted by molar-refractivity contribution is 9.10. The highest BCUT2D eigenvalue weighted by Gasteiger charge is 2.49. The van der Waals surface area contributed by atoms with Crippen molar-refractivity contribution < 1.29 is 14.0 Å². The number of halogens is 2. The van der Waals surface area contributed by atoms with Gasteiger partial charge >= 0.3 is 6.03 Å². The second-order valence-corrected chi connectivity index (χ2v) is 7.81. The van der Waals surface area contributed by atoms with Crippen LogP contribution in [0.3, 0.4) is 0 Å². The number of aromatic nitrogens is 1. The number of amides is 3. The van der Waals surface area contributed by atoms with E-state index in [0.29, 0.717) is 27.7 Å². The summed E-state index contributed by atoms with van der Waals surface area (Å²) in [6.07, 6.45) is 1.42. The summed E-state index contributed by atoms with van der Waals surface area (Å²) in [6.45, 7) is 1.68. The Morgan fingerprint density at radius 3 is 2.64 bits per heavy atom. The number of carbonyl (C=O) groups is 2. The molecule has 2 aromatic carbocycles. The summed E-state index contributed by atoms with van der Waals surface area (Å²) in [5, 5.41) is 3.29. The minimum Gasteiger partial charge on any atom is -0.444 e. The normalized spacial score (nSPS) is 19.2. The van der Waals surface area contributed by atoms with Gasteiger partial charge in [0.15, 0.2) is 0 Å². The Kier molecular flexibility index (Phi) is 4.72. The second-order valence-electron chi connectivity index (χ2n) is 6.55. The third-order valence-electron chi connectivity index (χ3n) is 4.66. The molecule has 1 aromatic heterocycles. The Bertz CT molecular complexity index is 1080. The van der Waals surface area contributed by atoms with Crippen molar-refractivity contribution in [1.29, 1.82) is 0 Å². The molecule has 1 saturated heterocycles. The molecule has 0 saturated carbocycles. The molecule has 28 heavy (non-hydrogen) atoms. The summed E-state index contributed by atoms with van der Waals surface area (Å²) < 4.78 is 6.24. The number of benzene rings is 2. The minimum atomic E-state index is -1.16. The van der Waals surface area contributed by atoms with Crippen molar-refractivity contribution in [2.45, 2.75) is 19.0 Å². The van der Waals surface area contributed by atoms with E-state index >= 15 is 0 Å². The van der Waals surface area contributed by atoms with Crippen LogP contribution in [0.4, 0.5) is 4.79 Å². The average molecular weight is 461 g/mol. The molecule has 3 amide bonds. The molecular weight excluding hydrogens is 446 g/mol. The molecule has 1 fully saturated rings. The number of oxazole rings is 1. The molecular formula is C20H15BrClN3O3. The van der Waals surface area contributed by atoms with Crippen LogP contribution in [0.25, 0.3) is 11.5 Å². The van der Waals surface area contributed by atoms with Gasteiger partial charge in [-0.2, -0.15) is 0 Å². The molecule has 6 nitrogen and oxygen atoms in total. The van der Waals surface area contributed by atoms with Crippen molar-refractivity contribution in [3.63, 3.8) is 0 Å². The highest BCUT2D eigenvalue weighted by atomic mass is 79.9. The quantitative estimate of drug-likeness (QED) is 0.571. The van der Waals surface area contributed by atoms with Gasteiger partial charge in [0, 0.05) is 10.0 Å². The van der Waals surface area contributed by atoms with Crippen LogP contribution in [0.15, 0.2) is 63.7 Å². The van der Waals surface area contributed by atoms with E-state index in [4.69, 9.17) is 16.0 Å². The minimum absolute atomic E-state index is 0.00133. The number of rotatable bonds is 4. The van der Waals surface area contributed by atoms with Gasteiger partial charge in [-0.3, -0.25) is 9.69 Å². The fourth-order valence-corrected chi connectivity index (χ4v) is 4.09. The summed E-state index contributed by atoms with van der Waals surface area (Å²) in [4.78, 5) is 31.1. The van der Waals surface area contributed by atoms with Crippen molar-refractivity contribution in [3.05, 3.63) is 75.5 Å². The van der Waals surface area contributed by atoms with E-state index in [2.05, 4.69) is 26.2 Å². The van der Waals surface area contributed by atoms with E-state index in [1.165, 1.54) is 6.26 Å². The first-order chi connectivity index (χ1) is 13.4. The molecule has 3 aromatic rings. The first kappa shape index (κ1) is 18.7. The molecule has 1 atom stereocenters. The zero-order valence-corrected chi connectivity index (χ0v) is 17.1. The van der Waals surface area contributed by atoms with Gasteiger partial charge in [0.05, 0.1) is 22.8 Å². The van der Waals surface area contributed by atoms with Crippen LogP contribution in [0, 0.1) is 0 Å². The van der Waals surface area contributed by atoms with Gasteiger partial charge in [-0.25, -0.2) is 9.78 Å². The molecule has 0 aliphatic carbocycles. The Morgan fingerprint density at radius 1 is 1.18 bits per heavy atom. The molecule has 1 aliphatic rings. The van der Waals surface area contributed by atoms with Crippen molar-refractivity contribution in [2.24, 2.45) is 0 Å². The van der Waals surface area contributed by atoms with Gasteiger partial charge < -0.3 is 9.73 Å². The molecule has 1 aliphatic heterocycles. The second kappa shape index (κ2) is 7.07. The lowest BCUT2D eigenvalue weighted by atomic mass is 9.92. The van der Waals surface area contributed by atoms with E-state index in [1.54, 1.807) is 25.1 Å². The van der Waals surface area contributed by atoms with Gasteiger partial charge in [-0.15, -0.1) is 0 Å². The molecule has 1 N–H and O–H groups in total. The van der Waals surface area contributed by atoms with E-state index in [0.717, 1.165) is 9.37 Å². The number of carbonyl (C=O) groups excluding carboxylic acids is 2. The van der Waals surface area contributed by atoms with Crippen LogP contribution in [-0.4, -0.2) is 21.8 Å². The third kappa shape index (κ3) is 3.10. The van der Waals surface area contributed by atoms with E-state index < -0.39 is 11.6 Å². The molecule has 4 rings (SSSR count). The van der Waals surface area contributed by atoms with Gasteiger partial charge in [0.1, 0.15) is 11.8 Å². The van der Waals surface area contributed by atoms with Crippen molar-refractivity contribution in [3.8, 4) is 11.5 Å². The fraction of sp³-hybridized carbons (Fsp3) is 0.150. The summed E-state index contributed by atoms with van der Waals surface area (Å²) >= 11 is 9.62. The molecule has 142 valence electrons. The Morgan fingerprint density at radius 2 is 1.89 bits per heavy atom. The van der Waals surface area contributed by atoms with Gasteiger partial charge in [-0.05, 0) is 25.1 Å². The number of hydrogen-bond donors (Lipinski definition) is 1. The van der Waals surface area contributed by atoms with Crippen LogP contribution in [0.1, 0.15) is 18.2 Å². The lowest BCUT2D eigenvalue weighted by Gasteiger charge is -2.23. The number of imide groups is 1. The molecule has 2 heterocycles. The predicted molar refractivity (Wildman–Crippen MR) is 108 cm³/mol. The molecule has 8 heteroatoms. The maximum atomic E-state index is 13.1.